The van der Waals surface area contributed by atoms with Gasteiger partial charge in [-0.3, -0.25) is 9.20 Å². The first kappa shape index (κ1) is 20.1. The molecule has 0 atom stereocenters. The summed E-state index contributed by atoms with van der Waals surface area (Å²) < 4.78 is 16.0. The second kappa shape index (κ2) is 8.55. The Morgan fingerprint density at radius 3 is 2.82 bits per heavy atom. The Morgan fingerprint density at radius 1 is 1.36 bits per heavy atom. The lowest BCUT2D eigenvalue weighted by atomic mass is 10.1. The molecule has 0 fully saturated rings. The SMILES string of the molecule is CCc1nc2ccc(Cl)cn2c1C(=O)NCc1ccc(N(N)CCN)cc1F. The van der Waals surface area contributed by atoms with Gasteiger partial charge in [0.1, 0.15) is 17.2 Å². The van der Waals surface area contributed by atoms with Gasteiger partial charge in [-0.15, -0.1) is 0 Å². The lowest BCUT2D eigenvalue weighted by Crippen LogP contribution is -2.35. The third-order valence-electron chi connectivity index (χ3n) is 4.38. The zero-order valence-corrected chi connectivity index (χ0v) is 16.2. The largest absolute Gasteiger partial charge is 0.347 e. The molecule has 0 aliphatic rings. The molecule has 0 aliphatic heterocycles. The maximum atomic E-state index is 14.4. The number of nitrogens with two attached hydrogens (primary N) is 2. The number of rotatable bonds is 7. The van der Waals surface area contributed by atoms with Crippen molar-refractivity contribution in [3.05, 3.63) is 64.3 Å². The van der Waals surface area contributed by atoms with E-state index in [0.29, 0.717) is 52.8 Å². The molecule has 1 aromatic carbocycles. The van der Waals surface area contributed by atoms with Crippen LogP contribution in [0.1, 0.15) is 28.7 Å². The molecule has 28 heavy (non-hydrogen) atoms. The molecule has 0 radical (unpaired) electrons. The summed E-state index contributed by atoms with van der Waals surface area (Å²) in [5.41, 5.74) is 8.00. The first-order valence-corrected chi connectivity index (χ1v) is 9.27. The smallest absolute Gasteiger partial charge is 0.270 e. The predicted octanol–water partition coefficient (Wildman–Crippen LogP) is 2.26. The van der Waals surface area contributed by atoms with Gasteiger partial charge in [0.25, 0.3) is 5.91 Å². The lowest BCUT2D eigenvalue weighted by Gasteiger charge is -2.18. The number of nitrogens with zero attached hydrogens (tertiary/aromatic N) is 3. The number of carbonyl (C=O) groups excluding carboxylic acids is 1. The van der Waals surface area contributed by atoms with Crippen LogP contribution in [0.5, 0.6) is 0 Å². The molecule has 3 aromatic rings. The van der Waals surface area contributed by atoms with Crippen LogP contribution in [0.4, 0.5) is 10.1 Å². The highest BCUT2D eigenvalue weighted by Gasteiger charge is 2.19. The molecule has 2 heterocycles. The minimum Gasteiger partial charge on any atom is -0.347 e. The van der Waals surface area contributed by atoms with Crippen LogP contribution < -0.4 is 21.9 Å². The van der Waals surface area contributed by atoms with Gasteiger partial charge in [0.2, 0.25) is 0 Å². The van der Waals surface area contributed by atoms with Crippen LogP contribution in [-0.2, 0) is 13.0 Å². The molecule has 5 N–H and O–H groups in total. The van der Waals surface area contributed by atoms with Crippen LogP contribution in [-0.4, -0.2) is 28.4 Å². The van der Waals surface area contributed by atoms with Crippen molar-refractivity contribution in [2.24, 2.45) is 11.6 Å². The number of benzene rings is 1. The highest BCUT2D eigenvalue weighted by atomic mass is 35.5. The van der Waals surface area contributed by atoms with Gasteiger partial charge in [0, 0.05) is 31.4 Å². The fraction of sp³-hybridized carbons (Fsp3) is 0.263. The summed E-state index contributed by atoms with van der Waals surface area (Å²) in [6.45, 7) is 2.72. The Balaban J connectivity index is 1.79. The summed E-state index contributed by atoms with van der Waals surface area (Å²) >= 11 is 6.05. The van der Waals surface area contributed by atoms with Crippen molar-refractivity contribution < 1.29 is 9.18 Å². The molecular weight excluding hydrogens is 383 g/mol. The van der Waals surface area contributed by atoms with E-state index in [2.05, 4.69) is 10.3 Å². The fourth-order valence-electron chi connectivity index (χ4n) is 2.94. The first-order valence-electron chi connectivity index (χ1n) is 8.90. The van der Waals surface area contributed by atoms with Gasteiger partial charge in [-0.25, -0.2) is 15.2 Å². The van der Waals surface area contributed by atoms with Crippen LogP contribution in [0.15, 0.2) is 36.5 Å². The molecule has 7 nitrogen and oxygen atoms in total. The number of aromatic nitrogens is 2. The molecule has 1 amide bonds. The van der Waals surface area contributed by atoms with E-state index in [1.165, 1.54) is 11.1 Å². The van der Waals surface area contributed by atoms with Gasteiger partial charge < -0.3 is 16.1 Å². The molecule has 0 spiro atoms. The van der Waals surface area contributed by atoms with Crippen molar-refractivity contribution in [3.63, 3.8) is 0 Å². The quantitative estimate of drug-likeness (QED) is 0.414. The Labute approximate surface area is 167 Å². The number of anilines is 1. The Kier molecular flexibility index (Phi) is 6.13. The summed E-state index contributed by atoms with van der Waals surface area (Å²) in [5, 5.41) is 4.62. The van der Waals surface area contributed by atoms with Crippen molar-refractivity contribution in [2.75, 3.05) is 18.1 Å². The first-order chi connectivity index (χ1) is 13.4. The third-order valence-corrected chi connectivity index (χ3v) is 4.61. The number of hydrazine groups is 1. The zero-order valence-electron chi connectivity index (χ0n) is 15.5. The predicted molar refractivity (Wildman–Crippen MR) is 108 cm³/mol. The van der Waals surface area contributed by atoms with Gasteiger partial charge in [0.05, 0.1) is 16.4 Å². The summed E-state index contributed by atoms with van der Waals surface area (Å²) in [4.78, 5) is 17.2. The number of hydrogen-bond donors (Lipinski definition) is 3. The highest BCUT2D eigenvalue weighted by Crippen LogP contribution is 2.19. The average Bonchev–Trinajstić information content (AvgIpc) is 3.04. The van der Waals surface area contributed by atoms with Crippen molar-refractivity contribution in [1.29, 1.82) is 0 Å². The maximum absolute atomic E-state index is 14.4. The number of hydrogen-bond acceptors (Lipinski definition) is 5. The van der Waals surface area contributed by atoms with Gasteiger partial charge in [-0.2, -0.15) is 0 Å². The molecule has 2 aromatic heterocycles. The number of amides is 1. The molecule has 9 heteroatoms. The molecule has 3 rings (SSSR count). The van der Waals surface area contributed by atoms with E-state index >= 15 is 0 Å². The van der Waals surface area contributed by atoms with E-state index in [9.17, 15) is 9.18 Å². The molecule has 0 saturated carbocycles. The van der Waals surface area contributed by atoms with Gasteiger partial charge in [-0.1, -0.05) is 24.6 Å². The Hall–Kier alpha value is -2.68. The van der Waals surface area contributed by atoms with Crippen molar-refractivity contribution in [1.82, 2.24) is 14.7 Å². The van der Waals surface area contributed by atoms with Gasteiger partial charge >= 0.3 is 0 Å². The second-order valence-electron chi connectivity index (χ2n) is 6.28. The molecule has 0 saturated heterocycles. The Morgan fingerprint density at radius 2 is 2.14 bits per heavy atom. The number of carbonyl (C=O) groups is 1. The molecular formula is C19H22ClFN6O. The topological polar surface area (TPSA) is 102 Å². The van der Waals surface area contributed by atoms with E-state index in [1.54, 1.807) is 34.9 Å². The van der Waals surface area contributed by atoms with E-state index < -0.39 is 5.82 Å². The minimum atomic E-state index is -0.456. The van der Waals surface area contributed by atoms with Crippen LogP contribution >= 0.6 is 11.6 Å². The standard InChI is InChI=1S/C19H22ClFN6O/c1-2-16-18(26-11-13(20)4-6-17(26)25-16)19(28)24-10-12-3-5-14(9-15(12)21)27(23)8-7-22/h3-6,9,11H,2,7-8,10,22-23H2,1H3,(H,24,28). The molecule has 0 unspecified atom stereocenters. The van der Waals surface area contributed by atoms with Crippen LogP contribution in [0, 0.1) is 5.82 Å². The molecule has 0 aliphatic carbocycles. The summed E-state index contributed by atoms with van der Waals surface area (Å²) in [6, 6.07) is 8.06. The zero-order chi connectivity index (χ0) is 20.3. The Bertz CT molecular complexity index is 1010. The minimum absolute atomic E-state index is 0.0311. The number of nitrogens with one attached hydrogen (secondary N) is 1. The summed E-state index contributed by atoms with van der Waals surface area (Å²) in [5.74, 6) is 5.00. The van der Waals surface area contributed by atoms with Crippen molar-refractivity contribution in [3.8, 4) is 0 Å². The van der Waals surface area contributed by atoms with Crippen LogP contribution in [0.25, 0.3) is 5.65 Å². The normalized spacial score (nSPS) is 11.0. The number of pyridine rings is 1. The second-order valence-corrected chi connectivity index (χ2v) is 6.71. The number of aryl methyl sites for hydroxylation is 1. The van der Waals surface area contributed by atoms with Crippen molar-refractivity contribution >= 4 is 28.8 Å². The summed E-state index contributed by atoms with van der Waals surface area (Å²) in [7, 11) is 0. The van der Waals surface area contributed by atoms with Crippen molar-refractivity contribution in [2.45, 2.75) is 19.9 Å². The molecule has 148 valence electrons. The van der Waals surface area contributed by atoms with Crippen LogP contribution in [0.2, 0.25) is 5.02 Å². The van der Waals surface area contributed by atoms with Gasteiger partial charge in [-0.05, 0) is 30.7 Å². The average molecular weight is 405 g/mol. The van der Waals surface area contributed by atoms with E-state index in [-0.39, 0.29) is 12.5 Å². The summed E-state index contributed by atoms with van der Waals surface area (Å²) in [6.07, 6.45) is 2.22. The monoisotopic (exact) mass is 404 g/mol. The number of fused-ring (bicyclic) bond motifs is 1. The van der Waals surface area contributed by atoms with E-state index in [1.807, 2.05) is 6.92 Å². The van der Waals surface area contributed by atoms with Gasteiger partial charge in [0.15, 0.2) is 0 Å². The maximum Gasteiger partial charge on any atom is 0.270 e. The number of halogens is 2. The van der Waals surface area contributed by atoms with Crippen LogP contribution in [0.3, 0.4) is 0 Å². The van der Waals surface area contributed by atoms with E-state index in [4.69, 9.17) is 23.2 Å². The van der Waals surface area contributed by atoms with E-state index in [0.717, 1.165) is 0 Å². The highest BCUT2D eigenvalue weighted by molar-refractivity contribution is 6.30. The lowest BCUT2D eigenvalue weighted by molar-refractivity contribution is 0.0943. The third kappa shape index (κ3) is 4.09. The fourth-order valence-corrected chi connectivity index (χ4v) is 3.10. The number of imidazole rings is 1. The molecule has 0 bridgehead atoms.